The van der Waals surface area contributed by atoms with Gasteiger partial charge in [-0.15, -0.1) is 0 Å². The van der Waals surface area contributed by atoms with Gasteiger partial charge in [0, 0.05) is 18.5 Å². The molecule has 0 amide bonds. The highest BCUT2D eigenvalue weighted by molar-refractivity contribution is 5.54. The Bertz CT molecular complexity index is 105. The summed E-state index contributed by atoms with van der Waals surface area (Å²) in [6, 6.07) is 0.161. The maximum Gasteiger partial charge on any atom is 0.0239 e. The van der Waals surface area contributed by atoms with Gasteiger partial charge in [0.05, 0.1) is 0 Å². The van der Waals surface area contributed by atoms with E-state index in [9.17, 15) is 0 Å². The number of nitrogens with zero attached hydrogens (tertiary/aromatic N) is 1. The van der Waals surface area contributed by atoms with E-state index in [2.05, 4.69) is 4.99 Å². The van der Waals surface area contributed by atoms with Crippen molar-refractivity contribution in [3.63, 3.8) is 0 Å². The van der Waals surface area contributed by atoms with Crippen LogP contribution >= 0.6 is 0 Å². The first kappa shape index (κ1) is 8.37. The van der Waals surface area contributed by atoms with Crippen molar-refractivity contribution < 1.29 is 0 Å². The number of rotatable bonds is 3. The fraction of sp³-hybridized carbons (Fsp3) is 0.571. The van der Waals surface area contributed by atoms with Crippen molar-refractivity contribution in [2.45, 2.75) is 26.3 Å². The summed E-state index contributed by atoms with van der Waals surface area (Å²) in [7, 11) is 0. The lowest BCUT2D eigenvalue weighted by molar-refractivity contribution is 0.781. The van der Waals surface area contributed by atoms with Crippen LogP contribution in [0.15, 0.2) is 17.3 Å². The lowest BCUT2D eigenvalue weighted by Crippen LogP contribution is -2.14. The Morgan fingerprint density at radius 2 is 2.33 bits per heavy atom. The third-order valence-corrected chi connectivity index (χ3v) is 1.04. The van der Waals surface area contributed by atoms with Crippen LogP contribution in [0.25, 0.3) is 0 Å². The summed E-state index contributed by atoms with van der Waals surface area (Å²) in [6.07, 6.45) is 6.32. The fourth-order valence-electron chi connectivity index (χ4n) is 0.382. The molecule has 2 heteroatoms. The van der Waals surface area contributed by atoms with Crippen molar-refractivity contribution in [2.75, 3.05) is 0 Å². The second kappa shape index (κ2) is 5.51. The Labute approximate surface area is 56.5 Å². The summed E-state index contributed by atoms with van der Waals surface area (Å²) in [4.78, 5) is 3.87. The summed E-state index contributed by atoms with van der Waals surface area (Å²) >= 11 is 0. The predicted octanol–water partition coefficient (Wildman–Crippen LogP) is 1.33. The summed E-state index contributed by atoms with van der Waals surface area (Å²) in [5, 5.41) is 0. The van der Waals surface area contributed by atoms with Gasteiger partial charge in [0.25, 0.3) is 0 Å². The number of hydrogen-bond donors (Lipinski definition) is 1. The van der Waals surface area contributed by atoms with Crippen LogP contribution in [0.5, 0.6) is 0 Å². The number of hydrogen-bond acceptors (Lipinski definition) is 2. The Morgan fingerprint density at radius 3 is 2.78 bits per heavy atom. The van der Waals surface area contributed by atoms with E-state index in [0.29, 0.717) is 0 Å². The zero-order chi connectivity index (χ0) is 7.11. The highest BCUT2D eigenvalue weighted by Gasteiger charge is 1.87. The van der Waals surface area contributed by atoms with Gasteiger partial charge < -0.3 is 5.73 Å². The standard InChI is InChI=1S/C7H14N2/c1-3-7(8)5-6-9-4-2/h4-7H,3,8H2,1-2H3. The Balaban J connectivity index is 3.43. The molecule has 1 atom stereocenters. The molecule has 0 radical (unpaired) electrons. The summed E-state index contributed by atoms with van der Waals surface area (Å²) < 4.78 is 0. The molecule has 0 aromatic carbocycles. The molecule has 0 rings (SSSR count). The van der Waals surface area contributed by atoms with Gasteiger partial charge in [-0.3, -0.25) is 4.99 Å². The second-order valence-corrected chi connectivity index (χ2v) is 1.82. The Morgan fingerprint density at radius 1 is 1.67 bits per heavy atom. The van der Waals surface area contributed by atoms with Crippen LogP contribution in [-0.2, 0) is 0 Å². The first-order chi connectivity index (χ1) is 4.31. The molecule has 52 valence electrons. The molecule has 0 heterocycles. The molecule has 9 heavy (non-hydrogen) atoms. The summed E-state index contributed by atoms with van der Waals surface area (Å²) in [5.74, 6) is 0. The van der Waals surface area contributed by atoms with Gasteiger partial charge in [-0.2, -0.15) is 0 Å². The van der Waals surface area contributed by atoms with Crippen molar-refractivity contribution >= 4 is 6.21 Å². The first-order valence-corrected chi connectivity index (χ1v) is 3.21. The van der Waals surface area contributed by atoms with E-state index in [1.165, 1.54) is 0 Å². The van der Waals surface area contributed by atoms with Gasteiger partial charge in [0.2, 0.25) is 0 Å². The highest BCUT2D eigenvalue weighted by atomic mass is 14.7. The van der Waals surface area contributed by atoms with Gasteiger partial charge >= 0.3 is 0 Å². The van der Waals surface area contributed by atoms with Gasteiger partial charge in [-0.25, -0.2) is 0 Å². The fourth-order valence-corrected chi connectivity index (χ4v) is 0.382. The van der Waals surface area contributed by atoms with Crippen molar-refractivity contribution in [3.8, 4) is 0 Å². The molecule has 1 unspecified atom stereocenters. The molecule has 0 aliphatic heterocycles. The molecule has 0 fully saturated rings. The maximum atomic E-state index is 5.55. The third kappa shape index (κ3) is 5.24. The van der Waals surface area contributed by atoms with Crippen LogP contribution in [0.1, 0.15) is 20.3 Å². The highest BCUT2D eigenvalue weighted by Crippen LogP contribution is 1.87. The summed E-state index contributed by atoms with van der Waals surface area (Å²) in [5.41, 5.74) is 5.55. The van der Waals surface area contributed by atoms with Crippen LogP contribution < -0.4 is 5.73 Å². The van der Waals surface area contributed by atoms with Gasteiger partial charge in [0.15, 0.2) is 0 Å². The Hall–Kier alpha value is -0.630. The number of aliphatic imine (C=N–C) groups is 1. The van der Waals surface area contributed by atoms with Crippen LogP contribution in [0, 0.1) is 0 Å². The largest absolute Gasteiger partial charge is 0.324 e. The van der Waals surface area contributed by atoms with Crippen LogP contribution in [0.4, 0.5) is 0 Å². The lowest BCUT2D eigenvalue weighted by Gasteiger charge is -1.96. The van der Waals surface area contributed by atoms with E-state index in [4.69, 9.17) is 5.73 Å². The average Bonchev–Trinajstić information content (AvgIpc) is 1.89. The minimum Gasteiger partial charge on any atom is -0.324 e. The monoisotopic (exact) mass is 126 g/mol. The second-order valence-electron chi connectivity index (χ2n) is 1.82. The van der Waals surface area contributed by atoms with E-state index in [1.807, 2.05) is 19.9 Å². The molecule has 0 aromatic heterocycles. The van der Waals surface area contributed by atoms with Crippen LogP contribution in [-0.4, -0.2) is 12.3 Å². The van der Waals surface area contributed by atoms with Gasteiger partial charge in [0.1, 0.15) is 0 Å². The molecule has 0 saturated carbocycles. The van der Waals surface area contributed by atoms with E-state index >= 15 is 0 Å². The normalized spacial score (nSPS) is 15.4. The van der Waals surface area contributed by atoms with E-state index in [1.54, 1.807) is 12.4 Å². The van der Waals surface area contributed by atoms with Gasteiger partial charge in [-0.05, 0) is 19.4 Å². The minimum absolute atomic E-state index is 0.161. The smallest absolute Gasteiger partial charge is 0.0239 e. The molecule has 0 saturated heterocycles. The molecule has 2 N–H and O–H groups in total. The summed E-state index contributed by atoms with van der Waals surface area (Å²) in [6.45, 7) is 3.92. The molecule has 2 nitrogen and oxygen atoms in total. The lowest BCUT2D eigenvalue weighted by atomic mass is 10.2. The molecule has 0 aromatic rings. The van der Waals surface area contributed by atoms with E-state index in [0.717, 1.165) is 6.42 Å². The minimum atomic E-state index is 0.161. The van der Waals surface area contributed by atoms with Crippen LogP contribution in [0.3, 0.4) is 0 Å². The van der Waals surface area contributed by atoms with Gasteiger partial charge in [-0.1, -0.05) is 6.92 Å². The molecular weight excluding hydrogens is 112 g/mol. The number of nitrogens with two attached hydrogens (primary N) is 1. The molecule has 0 bridgehead atoms. The van der Waals surface area contributed by atoms with Crippen LogP contribution in [0.2, 0.25) is 0 Å². The topological polar surface area (TPSA) is 38.4 Å². The third-order valence-electron chi connectivity index (χ3n) is 1.04. The molecule has 0 spiro atoms. The molecule has 0 aliphatic carbocycles. The van der Waals surface area contributed by atoms with Crippen molar-refractivity contribution in [3.05, 3.63) is 12.3 Å². The Kier molecular flexibility index (Phi) is 5.12. The zero-order valence-electron chi connectivity index (χ0n) is 6.04. The van der Waals surface area contributed by atoms with Crippen molar-refractivity contribution in [1.82, 2.24) is 0 Å². The average molecular weight is 126 g/mol. The van der Waals surface area contributed by atoms with Crippen molar-refractivity contribution in [2.24, 2.45) is 10.7 Å². The van der Waals surface area contributed by atoms with Crippen molar-refractivity contribution in [1.29, 1.82) is 0 Å². The maximum absolute atomic E-state index is 5.55. The quantitative estimate of drug-likeness (QED) is 0.569. The first-order valence-electron chi connectivity index (χ1n) is 3.21. The molecule has 0 aliphatic rings. The zero-order valence-corrected chi connectivity index (χ0v) is 6.04. The predicted molar refractivity (Wildman–Crippen MR) is 41.6 cm³/mol. The molecular formula is C7H14N2. The SMILES string of the molecule is CC=NC=CC(N)CC. The van der Waals surface area contributed by atoms with E-state index in [-0.39, 0.29) is 6.04 Å². The van der Waals surface area contributed by atoms with E-state index < -0.39 is 0 Å².